The lowest BCUT2D eigenvalue weighted by atomic mass is 10.0. The SMILES string of the molecule is c1ccc(CCCc2cccc3nc(C4CCCO4)[nH]c23)cc1. The first kappa shape index (κ1) is 14.5. The summed E-state index contributed by atoms with van der Waals surface area (Å²) in [5.41, 5.74) is 5.01. The summed E-state index contributed by atoms with van der Waals surface area (Å²) in [4.78, 5) is 8.26. The van der Waals surface area contributed by atoms with E-state index < -0.39 is 0 Å². The van der Waals surface area contributed by atoms with Crippen molar-refractivity contribution in [2.75, 3.05) is 6.61 Å². The van der Waals surface area contributed by atoms with E-state index in [1.54, 1.807) is 0 Å². The Balaban J connectivity index is 1.50. The van der Waals surface area contributed by atoms with Gasteiger partial charge in [-0.15, -0.1) is 0 Å². The second-order valence-corrected chi connectivity index (χ2v) is 6.27. The van der Waals surface area contributed by atoms with Crippen LogP contribution in [-0.2, 0) is 17.6 Å². The molecule has 1 atom stereocenters. The molecule has 3 aromatic rings. The summed E-state index contributed by atoms with van der Waals surface area (Å²) in [5.74, 6) is 0.994. The zero-order chi connectivity index (χ0) is 15.5. The molecule has 0 radical (unpaired) electrons. The highest BCUT2D eigenvalue weighted by Gasteiger charge is 2.21. The van der Waals surface area contributed by atoms with Gasteiger partial charge in [-0.2, -0.15) is 0 Å². The molecule has 0 bridgehead atoms. The Labute approximate surface area is 136 Å². The van der Waals surface area contributed by atoms with Crippen LogP contribution in [0.4, 0.5) is 0 Å². The molecule has 118 valence electrons. The molecular formula is C20H22N2O. The Hall–Kier alpha value is -2.13. The fraction of sp³-hybridized carbons (Fsp3) is 0.350. The highest BCUT2D eigenvalue weighted by molar-refractivity contribution is 5.78. The molecule has 0 spiro atoms. The smallest absolute Gasteiger partial charge is 0.136 e. The summed E-state index contributed by atoms with van der Waals surface area (Å²) in [6.07, 6.45) is 5.69. The molecule has 23 heavy (non-hydrogen) atoms. The lowest BCUT2D eigenvalue weighted by Crippen LogP contribution is -1.97. The number of para-hydroxylation sites is 1. The van der Waals surface area contributed by atoms with E-state index in [1.807, 2.05) is 0 Å². The van der Waals surface area contributed by atoms with Gasteiger partial charge in [-0.25, -0.2) is 4.98 Å². The number of aryl methyl sites for hydroxylation is 2. The number of aromatic amines is 1. The molecule has 0 aliphatic carbocycles. The molecule has 1 saturated heterocycles. The van der Waals surface area contributed by atoms with Crippen LogP contribution in [-0.4, -0.2) is 16.6 Å². The van der Waals surface area contributed by atoms with E-state index in [9.17, 15) is 0 Å². The van der Waals surface area contributed by atoms with Crippen LogP contribution >= 0.6 is 0 Å². The lowest BCUT2D eigenvalue weighted by molar-refractivity contribution is 0.106. The molecule has 1 N–H and O–H groups in total. The molecule has 3 heteroatoms. The van der Waals surface area contributed by atoms with Gasteiger partial charge in [-0.3, -0.25) is 0 Å². The first-order valence-electron chi connectivity index (χ1n) is 8.53. The number of ether oxygens (including phenoxy) is 1. The van der Waals surface area contributed by atoms with Crippen molar-refractivity contribution >= 4 is 11.0 Å². The average molecular weight is 306 g/mol. The number of aromatic nitrogens is 2. The summed E-state index contributed by atoms with van der Waals surface area (Å²) in [6.45, 7) is 0.853. The molecular weight excluding hydrogens is 284 g/mol. The minimum atomic E-state index is 0.152. The van der Waals surface area contributed by atoms with E-state index in [0.717, 1.165) is 50.1 Å². The van der Waals surface area contributed by atoms with Crippen LogP contribution in [0.3, 0.4) is 0 Å². The average Bonchev–Trinajstić information content (AvgIpc) is 3.25. The molecule has 0 amide bonds. The van der Waals surface area contributed by atoms with Crippen molar-refractivity contribution in [3.05, 3.63) is 65.5 Å². The maximum absolute atomic E-state index is 5.75. The second-order valence-electron chi connectivity index (χ2n) is 6.27. The van der Waals surface area contributed by atoms with Crippen molar-refractivity contribution in [3.8, 4) is 0 Å². The summed E-state index contributed by atoms with van der Waals surface area (Å²) in [5, 5.41) is 0. The zero-order valence-electron chi connectivity index (χ0n) is 13.3. The third-order valence-electron chi connectivity index (χ3n) is 4.61. The van der Waals surface area contributed by atoms with Gasteiger partial charge in [0.25, 0.3) is 0 Å². The largest absolute Gasteiger partial charge is 0.370 e. The summed E-state index contributed by atoms with van der Waals surface area (Å²) >= 11 is 0. The number of H-pyrrole nitrogens is 1. The highest BCUT2D eigenvalue weighted by atomic mass is 16.5. The predicted octanol–water partition coefficient (Wildman–Crippen LogP) is 4.59. The molecule has 1 aliphatic heterocycles. The molecule has 1 unspecified atom stereocenters. The third kappa shape index (κ3) is 3.15. The Bertz CT molecular complexity index is 773. The molecule has 0 saturated carbocycles. The highest BCUT2D eigenvalue weighted by Crippen LogP contribution is 2.29. The van der Waals surface area contributed by atoms with Gasteiger partial charge >= 0.3 is 0 Å². The third-order valence-corrected chi connectivity index (χ3v) is 4.61. The fourth-order valence-electron chi connectivity index (χ4n) is 3.39. The van der Waals surface area contributed by atoms with E-state index >= 15 is 0 Å². The van der Waals surface area contributed by atoms with Gasteiger partial charge in [0.2, 0.25) is 0 Å². The zero-order valence-corrected chi connectivity index (χ0v) is 13.3. The van der Waals surface area contributed by atoms with Gasteiger partial charge in [-0.1, -0.05) is 42.5 Å². The quantitative estimate of drug-likeness (QED) is 0.748. The molecule has 3 nitrogen and oxygen atoms in total. The molecule has 1 aliphatic rings. The van der Waals surface area contributed by atoms with E-state index in [4.69, 9.17) is 9.72 Å². The second kappa shape index (κ2) is 6.55. The first-order valence-corrected chi connectivity index (χ1v) is 8.53. The van der Waals surface area contributed by atoms with Crippen molar-refractivity contribution < 1.29 is 4.74 Å². The summed E-state index contributed by atoms with van der Waals surface area (Å²) in [6, 6.07) is 17.1. The van der Waals surface area contributed by atoms with Crippen LogP contribution in [0.25, 0.3) is 11.0 Å². The Morgan fingerprint density at radius 3 is 2.78 bits per heavy atom. The summed E-state index contributed by atoms with van der Waals surface area (Å²) in [7, 11) is 0. The van der Waals surface area contributed by atoms with Gasteiger partial charge in [0, 0.05) is 6.61 Å². The maximum Gasteiger partial charge on any atom is 0.136 e. The molecule has 1 aromatic heterocycles. The predicted molar refractivity (Wildman–Crippen MR) is 92.5 cm³/mol. The fourth-order valence-corrected chi connectivity index (χ4v) is 3.39. The lowest BCUT2D eigenvalue weighted by Gasteiger charge is -2.05. The number of fused-ring (bicyclic) bond motifs is 1. The molecule has 2 aromatic carbocycles. The van der Waals surface area contributed by atoms with Crippen molar-refractivity contribution in [2.24, 2.45) is 0 Å². The van der Waals surface area contributed by atoms with Crippen molar-refractivity contribution in [3.63, 3.8) is 0 Å². The van der Waals surface area contributed by atoms with Gasteiger partial charge in [-0.05, 0) is 49.3 Å². The van der Waals surface area contributed by atoms with Crippen LogP contribution in [0.15, 0.2) is 48.5 Å². The number of nitrogens with zero attached hydrogens (tertiary/aromatic N) is 1. The van der Waals surface area contributed by atoms with Gasteiger partial charge < -0.3 is 9.72 Å². The number of imidazole rings is 1. The maximum atomic E-state index is 5.75. The molecule has 4 rings (SSSR count). The number of rotatable bonds is 5. The Morgan fingerprint density at radius 2 is 1.96 bits per heavy atom. The minimum Gasteiger partial charge on any atom is -0.370 e. The number of nitrogens with one attached hydrogen (secondary N) is 1. The van der Waals surface area contributed by atoms with Crippen molar-refractivity contribution in [1.82, 2.24) is 9.97 Å². The van der Waals surface area contributed by atoms with E-state index in [0.29, 0.717) is 0 Å². The number of hydrogen-bond donors (Lipinski definition) is 1. The minimum absolute atomic E-state index is 0.152. The first-order chi connectivity index (χ1) is 11.4. The van der Waals surface area contributed by atoms with Crippen LogP contribution in [0.1, 0.15) is 42.3 Å². The van der Waals surface area contributed by atoms with E-state index in [-0.39, 0.29) is 6.10 Å². The van der Waals surface area contributed by atoms with E-state index in [2.05, 4.69) is 53.5 Å². The van der Waals surface area contributed by atoms with Crippen LogP contribution in [0, 0.1) is 0 Å². The molecule has 1 fully saturated rings. The van der Waals surface area contributed by atoms with Gasteiger partial charge in [0.15, 0.2) is 0 Å². The van der Waals surface area contributed by atoms with Crippen molar-refractivity contribution in [1.29, 1.82) is 0 Å². The van der Waals surface area contributed by atoms with Gasteiger partial charge in [0.1, 0.15) is 11.9 Å². The normalized spacial score (nSPS) is 17.8. The van der Waals surface area contributed by atoms with E-state index in [1.165, 1.54) is 16.6 Å². The Morgan fingerprint density at radius 1 is 1.04 bits per heavy atom. The number of hydrogen-bond acceptors (Lipinski definition) is 2. The summed E-state index contributed by atoms with van der Waals surface area (Å²) < 4.78 is 5.75. The number of benzene rings is 2. The van der Waals surface area contributed by atoms with Gasteiger partial charge in [0.05, 0.1) is 11.0 Å². The topological polar surface area (TPSA) is 37.9 Å². The van der Waals surface area contributed by atoms with Crippen LogP contribution < -0.4 is 0 Å². The van der Waals surface area contributed by atoms with Crippen molar-refractivity contribution in [2.45, 2.75) is 38.2 Å². The monoisotopic (exact) mass is 306 g/mol. The Kier molecular flexibility index (Phi) is 4.12. The van der Waals surface area contributed by atoms with Crippen LogP contribution in [0.2, 0.25) is 0 Å². The molecule has 2 heterocycles. The van der Waals surface area contributed by atoms with Crippen LogP contribution in [0.5, 0.6) is 0 Å². The standard InChI is InChI=1S/C20H22N2O/c1-2-7-15(8-3-1)9-4-10-16-11-5-12-17-19(16)22-20(21-17)18-13-6-14-23-18/h1-3,5,7-8,11-12,18H,4,6,9-10,13-14H2,(H,21,22).